The van der Waals surface area contributed by atoms with Crippen molar-refractivity contribution in [2.45, 2.75) is 55.9 Å². The molecule has 0 spiro atoms. The normalized spacial score (nSPS) is 19.6. The minimum Gasteiger partial charge on any atom is -0.492 e. The summed E-state index contributed by atoms with van der Waals surface area (Å²) < 4.78 is 30.3. The fourth-order valence-corrected chi connectivity index (χ4v) is 4.66. The Bertz CT molecular complexity index is 751. The highest BCUT2D eigenvalue weighted by atomic mass is 32.2. The average Bonchev–Trinajstić information content (AvgIpc) is 2.67. The van der Waals surface area contributed by atoms with Gasteiger partial charge in [0.1, 0.15) is 10.6 Å². The van der Waals surface area contributed by atoms with E-state index in [1.165, 1.54) is 12.5 Å². The zero-order valence-electron chi connectivity index (χ0n) is 16.0. The first-order valence-corrected chi connectivity index (χ1v) is 11.8. The summed E-state index contributed by atoms with van der Waals surface area (Å²) in [6.07, 6.45) is 8.65. The lowest BCUT2D eigenvalue weighted by Gasteiger charge is -2.24. The van der Waals surface area contributed by atoms with Crippen molar-refractivity contribution >= 4 is 15.7 Å². The lowest BCUT2D eigenvalue weighted by molar-refractivity contribution is 0.0927. The number of piperidine rings is 1. The molecule has 0 unspecified atom stereocenters. The third-order valence-corrected chi connectivity index (χ3v) is 6.60. The molecule has 0 aromatic heterocycles. The van der Waals surface area contributed by atoms with Gasteiger partial charge in [0.15, 0.2) is 9.84 Å². The molecule has 0 atom stereocenters. The van der Waals surface area contributed by atoms with Gasteiger partial charge in [-0.25, -0.2) is 8.42 Å². The van der Waals surface area contributed by atoms with Crippen LogP contribution in [0, 0.1) is 5.92 Å². The van der Waals surface area contributed by atoms with E-state index in [-0.39, 0.29) is 16.8 Å². The molecule has 1 amide bonds. The van der Waals surface area contributed by atoms with Crippen molar-refractivity contribution in [3.8, 4) is 5.75 Å². The van der Waals surface area contributed by atoms with Gasteiger partial charge >= 0.3 is 0 Å². The average molecular weight is 395 g/mol. The van der Waals surface area contributed by atoms with Gasteiger partial charge in [0.2, 0.25) is 0 Å². The Hall–Kier alpha value is -1.60. The molecule has 0 bridgehead atoms. The van der Waals surface area contributed by atoms with Gasteiger partial charge in [-0.15, -0.1) is 0 Å². The van der Waals surface area contributed by atoms with Crippen molar-refractivity contribution in [3.05, 3.63) is 23.8 Å². The lowest BCUT2D eigenvalue weighted by Crippen LogP contribution is -2.36. The van der Waals surface area contributed by atoms with Gasteiger partial charge in [0, 0.05) is 17.9 Å². The molecule has 2 aliphatic rings. The molecule has 150 valence electrons. The topological polar surface area (TPSA) is 84.5 Å². The van der Waals surface area contributed by atoms with E-state index in [2.05, 4.69) is 10.6 Å². The number of sulfone groups is 1. The van der Waals surface area contributed by atoms with Gasteiger partial charge in [-0.05, 0) is 62.9 Å². The van der Waals surface area contributed by atoms with Crippen LogP contribution in [-0.4, -0.2) is 46.3 Å². The maximum Gasteiger partial charge on any atom is 0.251 e. The molecule has 1 aliphatic heterocycles. The van der Waals surface area contributed by atoms with Gasteiger partial charge in [-0.3, -0.25) is 4.79 Å². The molecule has 2 N–H and O–H groups in total. The molecule has 1 heterocycles. The first-order chi connectivity index (χ1) is 12.9. The van der Waals surface area contributed by atoms with Crippen LogP contribution in [0.15, 0.2) is 23.1 Å². The molecule has 0 radical (unpaired) electrons. The smallest absolute Gasteiger partial charge is 0.251 e. The van der Waals surface area contributed by atoms with Crippen LogP contribution in [0.25, 0.3) is 0 Å². The van der Waals surface area contributed by atoms with Crippen LogP contribution in [0.1, 0.15) is 55.3 Å². The minimum absolute atomic E-state index is 0.0905. The van der Waals surface area contributed by atoms with E-state index in [1.54, 1.807) is 12.1 Å². The number of hydrogen-bond donors (Lipinski definition) is 2. The van der Waals surface area contributed by atoms with E-state index in [0.29, 0.717) is 23.8 Å². The second kappa shape index (κ2) is 9.06. The Morgan fingerprint density at radius 3 is 2.52 bits per heavy atom. The van der Waals surface area contributed by atoms with Crippen LogP contribution in [0.4, 0.5) is 0 Å². The molecule has 6 nitrogen and oxygen atoms in total. The molecule has 2 fully saturated rings. The van der Waals surface area contributed by atoms with E-state index in [9.17, 15) is 13.2 Å². The Morgan fingerprint density at radius 2 is 1.85 bits per heavy atom. The van der Waals surface area contributed by atoms with E-state index in [4.69, 9.17) is 4.74 Å². The highest BCUT2D eigenvalue weighted by Gasteiger charge is 2.22. The highest BCUT2D eigenvalue weighted by Crippen LogP contribution is 2.27. The number of nitrogens with one attached hydrogen (secondary N) is 2. The van der Waals surface area contributed by atoms with Crippen molar-refractivity contribution in [1.29, 1.82) is 0 Å². The number of hydrogen-bond acceptors (Lipinski definition) is 5. The first kappa shape index (κ1) is 20.1. The monoisotopic (exact) mass is 394 g/mol. The van der Waals surface area contributed by atoms with E-state index in [1.807, 2.05) is 0 Å². The second-order valence-corrected chi connectivity index (χ2v) is 9.73. The van der Waals surface area contributed by atoms with Crippen molar-refractivity contribution in [2.75, 3.05) is 26.0 Å². The molecule has 27 heavy (non-hydrogen) atoms. The summed E-state index contributed by atoms with van der Waals surface area (Å²) in [6, 6.07) is 4.91. The van der Waals surface area contributed by atoms with Gasteiger partial charge in [-0.2, -0.15) is 0 Å². The van der Waals surface area contributed by atoms with Crippen molar-refractivity contribution in [3.63, 3.8) is 0 Å². The van der Waals surface area contributed by atoms with Crippen LogP contribution in [0.3, 0.4) is 0 Å². The maximum absolute atomic E-state index is 12.6. The fraction of sp³-hybridized carbons (Fsp3) is 0.650. The minimum atomic E-state index is -3.49. The molecular formula is C20H30N2O4S. The van der Waals surface area contributed by atoms with Crippen LogP contribution in [-0.2, 0) is 9.84 Å². The highest BCUT2D eigenvalue weighted by molar-refractivity contribution is 7.90. The van der Waals surface area contributed by atoms with Crippen molar-refractivity contribution < 1.29 is 17.9 Å². The molecule has 1 saturated heterocycles. The third kappa shape index (κ3) is 5.69. The predicted molar refractivity (Wildman–Crippen MR) is 105 cm³/mol. The molecule has 3 rings (SSSR count). The Kier molecular flexibility index (Phi) is 6.76. The summed E-state index contributed by atoms with van der Waals surface area (Å²) in [4.78, 5) is 12.6. The lowest BCUT2D eigenvalue weighted by atomic mass is 9.95. The van der Waals surface area contributed by atoms with Crippen LogP contribution in [0.5, 0.6) is 5.75 Å². The summed E-state index contributed by atoms with van der Waals surface area (Å²) in [7, 11) is -3.49. The fourth-order valence-electron chi connectivity index (χ4n) is 3.83. The number of rotatable bonds is 6. The maximum atomic E-state index is 12.6. The number of carbonyl (C=O) groups is 1. The van der Waals surface area contributed by atoms with Gasteiger partial charge < -0.3 is 15.4 Å². The van der Waals surface area contributed by atoms with E-state index < -0.39 is 9.84 Å². The van der Waals surface area contributed by atoms with Gasteiger partial charge in [0.05, 0.1) is 6.61 Å². The van der Waals surface area contributed by atoms with Gasteiger partial charge in [0.25, 0.3) is 5.91 Å². The quantitative estimate of drug-likeness (QED) is 0.775. The molecule has 1 saturated carbocycles. The zero-order chi connectivity index (χ0) is 19.3. The van der Waals surface area contributed by atoms with Crippen LogP contribution in [0.2, 0.25) is 0 Å². The van der Waals surface area contributed by atoms with Crippen LogP contribution < -0.4 is 15.4 Å². The largest absolute Gasteiger partial charge is 0.492 e. The summed E-state index contributed by atoms with van der Waals surface area (Å²) in [6.45, 7) is 2.43. The van der Waals surface area contributed by atoms with E-state index in [0.717, 1.165) is 57.9 Å². The Balaban J connectivity index is 1.71. The van der Waals surface area contributed by atoms with Crippen LogP contribution >= 0.6 is 0 Å². The molecule has 7 heteroatoms. The molecule has 1 aromatic rings. The van der Waals surface area contributed by atoms with Crippen molar-refractivity contribution in [1.82, 2.24) is 10.6 Å². The number of carbonyl (C=O) groups excluding carboxylic acids is 1. The Labute approximate surface area is 162 Å². The van der Waals surface area contributed by atoms with Gasteiger partial charge in [-0.1, -0.05) is 19.3 Å². The standard InChI is InChI=1S/C20H30N2O4S/c1-27(24,25)19-13-16(20(23)22-17-5-3-2-4-6-17)7-8-18(19)26-14-15-9-11-21-12-10-15/h7-8,13,15,17,21H,2-6,9-12,14H2,1H3,(H,22,23). The number of amides is 1. The summed E-state index contributed by atoms with van der Waals surface area (Å²) in [5.74, 6) is 0.551. The molecular weight excluding hydrogens is 364 g/mol. The number of benzene rings is 1. The third-order valence-electron chi connectivity index (χ3n) is 5.48. The van der Waals surface area contributed by atoms with E-state index >= 15 is 0 Å². The summed E-state index contributed by atoms with van der Waals surface area (Å²) in [5, 5.41) is 6.34. The molecule has 1 aromatic carbocycles. The predicted octanol–water partition coefficient (Wildman–Crippen LogP) is 2.53. The zero-order valence-corrected chi connectivity index (χ0v) is 16.8. The first-order valence-electron chi connectivity index (χ1n) is 9.92. The summed E-state index contributed by atoms with van der Waals surface area (Å²) in [5.41, 5.74) is 0.371. The Morgan fingerprint density at radius 1 is 1.15 bits per heavy atom. The second-order valence-electron chi connectivity index (χ2n) is 7.75. The number of ether oxygens (including phenoxy) is 1. The summed E-state index contributed by atoms with van der Waals surface area (Å²) >= 11 is 0. The SMILES string of the molecule is CS(=O)(=O)c1cc(C(=O)NC2CCCCC2)ccc1OCC1CCNCC1. The molecule has 1 aliphatic carbocycles. The van der Waals surface area contributed by atoms with Crippen molar-refractivity contribution in [2.24, 2.45) is 5.92 Å².